The Balaban J connectivity index is 1.37. The standard InChI is InChI=1S/C21H19NO5/c1-24-15-10-8-14(9-11-15)13-25-12-4-7-18-22-19-16-5-2-3-6-17(16)26-21(23)20(19)27-18/h2-3,5-6,8-11H,4,7,12-13H2,1H3. The molecule has 0 aliphatic heterocycles. The highest BCUT2D eigenvalue weighted by atomic mass is 16.5. The molecule has 4 aromatic rings. The molecule has 0 fully saturated rings. The van der Waals surface area contributed by atoms with Crippen LogP contribution in [0.5, 0.6) is 5.75 Å². The maximum atomic E-state index is 12.1. The molecule has 6 nitrogen and oxygen atoms in total. The Labute approximate surface area is 155 Å². The number of benzene rings is 2. The number of aryl methyl sites for hydroxylation is 1. The van der Waals surface area contributed by atoms with Gasteiger partial charge in [0, 0.05) is 18.4 Å². The number of oxazole rings is 1. The van der Waals surface area contributed by atoms with Crippen LogP contribution >= 0.6 is 0 Å². The number of hydrogen-bond donors (Lipinski definition) is 0. The molecule has 0 saturated heterocycles. The van der Waals surface area contributed by atoms with Crippen LogP contribution < -0.4 is 10.4 Å². The van der Waals surface area contributed by atoms with E-state index in [2.05, 4.69) is 4.98 Å². The van der Waals surface area contributed by atoms with Gasteiger partial charge in [0.1, 0.15) is 16.8 Å². The molecule has 4 rings (SSSR count). The minimum atomic E-state index is -0.502. The van der Waals surface area contributed by atoms with Crippen molar-refractivity contribution < 1.29 is 18.3 Å². The fourth-order valence-electron chi connectivity index (χ4n) is 2.93. The summed E-state index contributed by atoms with van der Waals surface area (Å²) < 4.78 is 21.7. The summed E-state index contributed by atoms with van der Waals surface area (Å²) in [6.07, 6.45) is 1.33. The van der Waals surface area contributed by atoms with Gasteiger partial charge in [-0.15, -0.1) is 0 Å². The lowest BCUT2D eigenvalue weighted by Gasteiger charge is -2.04. The zero-order valence-electron chi connectivity index (χ0n) is 14.9. The number of aromatic nitrogens is 1. The molecule has 0 N–H and O–H groups in total. The van der Waals surface area contributed by atoms with Crippen LogP contribution in [0, 0.1) is 0 Å². The number of para-hydroxylation sites is 1. The number of methoxy groups -OCH3 is 1. The van der Waals surface area contributed by atoms with Gasteiger partial charge in [-0.25, -0.2) is 9.78 Å². The smallest absolute Gasteiger partial charge is 0.382 e. The number of fused-ring (bicyclic) bond motifs is 3. The van der Waals surface area contributed by atoms with Crippen molar-refractivity contribution in [2.75, 3.05) is 13.7 Å². The Morgan fingerprint density at radius 1 is 1.04 bits per heavy atom. The molecule has 27 heavy (non-hydrogen) atoms. The highest BCUT2D eigenvalue weighted by Gasteiger charge is 2.14. The van der Waals surface area contributed by atoms with E-state index in [0.29, 0.717) is 36.6 Å². The average Bonchev–Trinajstić information content (AvgIpc) is 3.13. The van der Waals surface area contributed by atoms with E-state index in [1.165, 1.54) is 0 Å². The predicted molar refractivity (Wildman–Crippen MR) is 101 cm³/mol. The van der Waals surface area contributed by atoms with E-state index in [0.717, 1.165) is 23.1 Å². The van der Waals surface area contributed by atoms with E-state index in [1.54, 1.807) is 13.2 Å². The summed E-state index contributed by atoms with van der Waals surface area (Å²) >= 11 is 0. The predicted octanol–water partition coefficient (Wildman–Crippen LogP) is 4.09. The van der Waals surface area contributed by atoms with Gasteiger partial charge in [-0.2, -0.15) is 0 Å². The maximum Gasteiger partial charge on any atom is 0.382 e. The highest BCUT2D eigenvalue weighted by Crippen LogP contribution is 2.23. The van der Waals surface area contributed by atoms with Crippen LogP contribution in [0.1, 0.15) is 17.9 Å². The van der Waals surface area contributed by atoms with Gasteiger partial charge in [-0.1, -0.05) is 24.3 Å². The summed E-state index contributed by atoms with van der Waals surface area (Å²) in [4.78, 5) is 16.5. The Morgan fingerprint density at radius 3 is 2.67 bits per heavy atom. The van der Waals surface area contributed by atoms with Crippen LogP contribution in [-0.4, -0.2) is 18.7 Å². The SMILES string of the molecule is COc1ccc(COCCCc2nc3c(o2)c(=O)oc2ccccc23)cc1. The van der Waals surface area contributed by atoms with E-state index in [1.807, 2.05) is 42.5 Å². The quantitative estimate of drug-likeness (QED) is 0.363. The van der Waals surface area contributed by atoms with Crippen molar-refractivity contribution >= 4 is 22.1 Å². The molecule has 0 atom stereocenters. The van der Waals surface area contributed by atoms with E-state index < -0.39 is 5.63 Å². The zero-order valence-corrected chi connectivity index (χ0v) is 14.9. The van der Waals surface area contributed by atoms with Gasteiger partial charge in [0.15, 0.2) is 5.89 Å². The fraction of sp³-hybridized carbons (Fsp3) is 0.238. The molecule has 0 spiro atoms. The molecule has 0 aliphatic carbocycles. The fourth-order valence-corrected chi connectivity index (χ4v) is 2.93. The van der Waals surface area contributed by atoms with Crippen molar-refractivity contribution in [1.82, 2.24) is 4.98 Å². The van der Waals surface area contributed by atoms with E-state index >= 15 is 0 Å². The summed E-state index contributed by atoms with van der Waals surface area (Å²) in [5, 5.41) is 0.776. The van der Waals surface area contributed by atoms with Crippen molar-refractivity contribution in [2.24, 2.45) is 0 Å². The molecule has 0 aliphatic rings. The highest BCUT2D eigenvalue weighted by molar-refractivity contribution is 5.99. The third-order valence-electron chi connectivity index (χ3n) is 4.31. The van der Waals surface area contributed by atoms with Crippen LogP contribution in [0.15, 0.2) is 62.2 Å². The number of nitrogens with zero attached hydrogens (tertiary/aromatic N) is 1. The van der Waals surface area contributed by atoms with Gasteiger partial charge >= 0.3 is 5.63 Å². The van der Waals surface area contributed by atoms with Crippen molar-refractivity contribution in [3.63, 3.8) is 0 Å². The molecule has 0 radical (unpaired) electrons. The number of ether oxygens (including phenoxy) is 2. The second kappa shape index (κ2) is 7.63. The van der Waals surface area contributed by atoms with Gasteiger partial charge in [0.2, 0.25) is 5.58 Å². The third-order valence-corrected chi connectivity index (χ3v) is 4.31. The average molecular weight is 365 g/mol. The number of hydrogen-bond acceptors (Lipinski definition) is 6. The van der Waals surface area contributed by atoms with Gasteiger partial charge in [-0.3, -0.25) is 0 Å². The van der Waals surface area contributed by atoms with E-state index in [9.17, 15) is 4.79 Å². The summed E-state index contributed by atoms with van der Waals surface area (Å²) in [6, 6.07) is 15.1. The Kier molecular flexibility index (Phi) is 4.89. The van der Waals surface area contributed by atoms with Crippen molar-refractivity contribution in [3.8, 4) is 5.75 Å². The first kappa shape index (κ1) is 17.3. The van der Waals surface area contributed by atoms with Gasteiger partial charge in [-0.05, 0) is 36.2 Å². The molecular weight excluding hydrogens is 346 g/mol. The lowest BCUT2D eigenvalue weighted by Crippen LogP contribution is -1.98. The summed E-state index contributed by atoms with van der Waals surface area (Å²) in [7, 11) is 1.64. The van der Waals surface area contributed by atoms with Crippen molar-refractivity contribution in [1.29, 1.82) is 0 Å². The molecule has 0 unspecified atom stereocenters. The molecule has 2 heterocycles. The Bertz CT molecular complexity index is 1110. The molecule has 2 aromatic heterocycles. The monoisotopic (exact) mass is 365 g/mol. The lowest BCUT2D eigenvalue weighted by atomic mass is 10.2. The van der Waals surface area contributed by atoms with E-state index in [-0.39, 0.29) is 5.58 Å². The number of rotatable bonds is 7. The lowest BCUT2D eigenvalue weighted by molar-refractivity contribution is 0.117. The molecular formula is C21H19NO5. The van der Waals surface area contributed by atoms with Crippen LogP contribution in [0.3, 0.4) is 0 Å². The summed E-state index contributed by atoms with van der Waals surface area (Å²) in [6.45, 7) is 1.10. The Morgan fingerprint density at radius 2 is 1.85 bits per heavy atom. The molecule has 6 heteroatoms. The largest absolute Gasteiger partial charge is 0.497 e. The van der Waals surface area contributed by atoms with Gasteiger partial charge in [0.05, 0.1) is 13.7 Å². The third kappa shape index (κ3) is 3.71. The first-order chi connectivity index (χ1) is 13.2. The topological polar surface area (TPSA) is 74.7 Å². The maximum absolute atomic E-state index is 12.1. The molecule has 0 amide bonds. The first-order valence-electron chi connectivity index (χ1n) is 8.76. The summed E-state index contributed by atoms with van der Waals surface area (Å²) in [5.74, 6) is 1.34. The van der Waals surface area contributed by atoms with E-state index in [4.69, 9.17) is 18.3 Å². The summed E-state index contributed by atoms with van der Waals surface area (Å²) in [5.41, 5.74) is 1.82. The Hall–Kier alpha value is -3.12. The van der Waals surface area contributed by atoms with Gasteiger partial charge in [0.25, 0.3) is 0 Å². The van der Waals surface area contributed by atoms with Crippen LogP contribution in [0.25, 0.3) is 22.1 Å². The second-order valence-electron chi connectivity index (χ2n) is 6.18. The zero-order chi connectivity index (χ0) is 18.6. The van der Waals surface area contributed by atoms with Crippen LogP contribution in [0.2, 0.25) is 0 Å². The van der Waals surface area contributed by atoms with Crippen LogP contribution in [0.4, 0.5) is 0 Å². The molecule has 2 aromatic carbocycles. The second-order valence-corrected chi connectivity index (χ2v) is 6.18. The minimum absolute atomic E-state index is 0.169. The van der Waals surface area contributed by atoms with Crippen LogP contribution in [-0.2, 0) is 17.8 Å². The van der Waals surface area contributed by atoms with Crippen molar-refractivity contribution in [2.45, 2.75) is 19.4 Å². The normalized spacial score (nSPS) is 11.3. The van der Waals surface area contributed by atoms with Crippen molar-refractivity contribution in [3.05, 3.63) is 70.4 Å². The van der Waals surface area contributed by atoms with Gasteiger partial charge < -0.3 is 18.3 Å². The minimum Gasteiger partial charge on any atom is -0.497 e. The first-order valence-corrected chi connectivity index (χ1v) is 8.76. The molecule has 0 saturated carbocycles. The molecule has 138 valence electrons. The molecule has 0 bridgehead atoms.